The second-order valence-electron chi connectivity index (χ2n) is 6.80. The van der Waals surface area contributed by atoms with Gasteiger partial charge in [0.2, 0.25) is 0 Å². The highest BCUT2D eigenvalue weighted by atomic mass is 32.2. The van der Waals surface area contributed by atoms with Crippen LogP contribution in [-0.2, 0) is 22.9 Å². The predicted molar refractivity (Wildman–Crippen MR) is 116 cm³/mol. The highest BCUT2D eigenvalue weighted by Crippen LogP contribution is 2.24. The van der Waals surface area contributed by atoms with Gasteiger partial charge in [-0.05, 0) is 60.7 Å². The number of para-hydroxylation sites is 1. The topological polar surface area (TPSA) is 92.7 Å². The van der Waals surface area contributed by atoms with E-state index in [2.05, 4.69) is 4.72 Å². The summed E-state index contributed by atoms with van der Waals surface area (Å²) in [5, 5.41) is 9.11. The maximum atomic E-state index is 12.8. The van der Waals surface area contributed by atoms with Crippen LogP contribution in [0.2, 0.25) is 0 Å². The maximum Gasteiger partial charge on any atom is 0.335 e. The monoisotopic (exact) mass is 425 g/mol. The highest BCUT2D eigenvalue weighted by molar-refractivity contribution is 7.92. The van der Waals surface area contributed by atoms with Crippen LogP contribution in [0.5, 0.6) is 5.75 Å². The average Bonchev–Trinajstić information content (AvgIpc) is 2.75. The Balaban J connectivity index is 1.71. The molecule has 7 heteroatoms. The molecule has 0 fully saturated rings. The van der Waals surface area contributed by atoms with E-state index >= 15 is 0 Å². The molecule has 0 spiro atoms. The lowest BCUT2D eigenvalue weighted by Crippen LogP contribution is -2.14. The lowest BCUT2D eigenvalue weighted by molar-refractivity contribution is 0.0696. The standard InChI is InChI=1S/C23H23NO5S/c1-29-20-12-6-13-21(16-20)30(27,28)24-22-14-3-2-9-18(22)10-4-7-17-8-5-11-19(15-17)23(25)26/h2-3,5-6,8-9,11-16,24H,4,7,10H2,1H3,(H,25,26). The van der Waals surface area contributed by atoms with Gasteiger partial charge in [0.25, 0.3) is 10.0 Å². The summed E-state index contributed by atoms with van der Waals surface area (Å²) >= 11 is 0. The summed E-state index contributed by atoms with van der Waals surface area (Å²) in [5.74, 6) is -0.483. The first-order chi connectivity index (χ1) is 14.4. The third-order valence-corrected chi connectivity index (χ3v) is 6.06. The zero-order chi connectivity index (χ0) is 21.6. The molecule has 0 bridgehead atoms. The van der Waals surface area contributed by atoms with Crippen LogP contribution in [0, 0.1) is 0 Å². The van der Waals surface area contributed by atoms with Crippen LogP contribution >= 0.6 is 0 Å². The fraction of sp³-hybridized carbons (Fsp3) is 0.174. The second kappa shape index (κ2) is 9.45. The minimum Gasteiger partial charge on any atom is -0.497 e. The van der Waals surface area contributed by atoms with E-state index in [4.69, 9.17) is 9.84 Å². The Morgan fingerprint density at radius 1 is 0.967 bits per heavy atom. The normalized spacial score (nSPS) is 11.1. The van der Waals surface area contributed by atoms with E-state index in [1.54, 1.807) is 42.5 Å². The van der Waals surface area contributed by atoms with Crippen molar-refractivity contribution in [3.05, 3.63) is 89.5 Å². The number of aromatic carboxylic acids is 1. The molecule has 3 aromatic rings. The lowest BCUT2D eigenvalue weighted by atomic mass is 10.0. The molecule has 0 heterocycles. The van der Waals surface area contributed by atoms with Gasteiger partial charge in [-0.2, -0.15) is 0 Å². The zero-order valence-electron chi connectivity index (χ0n) is 16.5. The third-order valence-electron chi connectivity index (χ3n) is 4.70. The van der Waals surface area contributed by atoms with E-state index in [0.29, 0.717) is 24.3 Å². The summed E-state index contributed by atoms with van der Waals surface area (Å²) in [6.45, 7) is 0. The summed E-state index contributed by atoms with van der Waals surface area (Å²) in [6, 6.07) is 20.4. The summed E-state index contributed by atoms with van der Waals surface area (Å²) in [4.78, 5) is 11.2. The molecule has 0 saturated carbocycles. The number of carboxylic acid groups (broad SMARTS) is 1. The third kappa shape index (κ3) is 5.39. The van der Waals surface area contributed by atoms with Gasteiger partial charge in [-0.1, -0.05) is 36.4 Å². The molecular weight excluding hydrogens is 402 g/mol. The summed E-state index contributed by atoms with van der Waals surface area (Å²) in [5.41, 5.74) is 2.60. The summed E-state index contributed by atoms with van der Waals surface area (Å²) < 4.78 is 33.4. The van der Waals surface area contributed by atoms with Gasteiger partial charge in [-0.25, -0.2) is 13.2 Å². The van der Waals surface area contributed by atoms with Crippen molar-refractivity contribution in [2.24, 2.45) is 0 Å². The molecule has 0 radical (unpaired) electrons. The number of carboxylic acids is 1. The van der Waals surface area contributed by atoms with Gasteiger partial charge in [0, 0.05) is 6.07 Å². The molecule has 156 valence electrons. The number of ether oxygens (including phenoxy) is 1. The minimum atomic E-state index is -3.76. The summed E-state index contributed by atoms with van der Waals surface area (Å²) in [6.07, 6.45) is 2.09. The maximum absolute atomic E-state index is 12.8. The highest BCUT2D eigenvalue weighted by Gasteiger charge is 2.16. The fourth-order valence-electron chi connectivity index (χ4n) is 3.15. The largest absolute Gasteiger partial charge is 0.497 e. The number of carbonyl (C=O) groups is 1. The number of methoxy groups -OCH3 is 1. The van der Waals surface area contributed by atoms with Crippen LogP contribution < -0.4 is 9.46 Å². The van der Waals surface area contributed by atoms with E-state index in [9.17, 15) is 13.2 Å². The number of hydrogen-bond acceptors (Lipinski definition) is 4. The summed E-state index contributed by atoms with van der Waals surface area (Å²) in [7, 11) is -2.27. The molecule has 0 aliphatic carbocycles. The van der Waals surface area contributed by atoms with Gasteiger partial charge >= 0.3 is 5.97 Å². The first-order valence-corrected chi connectivity index (χ1v) is 10.9. The molecule has 0 saturated heterocycles. The molecule has 0 unspecified atom stereocenters. The van der Waals surface area contributed by atoms with Crippen LogP contribution in [0.15, 0.2) is 77.7 Å². The van der Waals surface area contributed by atoms with Crippen molar-refractivity contribution >= 4 is 21.7 Å². The fourth-order valence-corrected chi connectivity index (χ4v) is 4.29. The first kappa shape index (κ1) is 21.4. The van der Waals surface area contributed by atoms with Gasteiger partial charge in [-0.3, -0.25) is 4.72 Å². The van der Waals surface area contributed by atoms with E-state index < -0.39 is 16.0 Å². The molecule has 6 nitrogen and oxygen atoms in total. The zero-order valence-corrected chi connectivity index (χ0v) is 17.4. The molecule has 0 atom stereocenters. The quantitative estimate of drug-likeness (QED) is 0.531. The Morgan fingerprint density at radius 3 is 2.50 bits per heavy atom. The molecule has 3 aromatic carbocycles. The Hall–Kier alpha value is -3.32. The predicted octanol–water partition coefficient (Wildman–Crippen LogP) is 4.37. The van der Waals surface area contributed by atoms with Crippen molar-refractivity contribution in [1.29, 1.82) is 0 Å². The van der Waals surface area contributed by atoms with E-state index in [0.717, 1.165) is 17.5 Å². The Morgan fingerprint density at radius 2 is 1.73 bits per heavy atom. The lowest BCUT2D eigenvalue weighted by Gasteiger charge is -2.13. The van der Waals surface area contributed by atoms with Crippen molar-refractivity contribution < 1.29 is 23.1 Å². The van der Waals surface area contributed by atoms with Crippen molar-refractivity contribution in [1.82, 2.24) is 0 Å². The minimum absolute atomic E-state index is 0.127. The molecule has 2 N–H and O–H groups in total. The van der Waals surface area contributed by atoms with Crippen molar-refractivity contribution in [2.45, 2.75) is 24.2 Å². The van der Waals surface area contributed by atoms with E-state index in [-0.39, 0.29) is 10.5 Å². The number of anilines is 1. The van der Waals surface area contributed by atoms with Crippen LogP contribution in [0.4, 0.5) is 5.69 Å². The molecule has 30 heavy (non-hydrogen) atoms. The van der Waals surface area contributed by atoms with Crippen LogP contribution in [0.1, 0.15) is 27.9 Å². The van der Waals surface area contributed by atoms with Crippen LogP contribution in [0.25, 0.3) is 0 Å². The number of aryl methyl sites for hydroxylation is 2. The van der Waals surface area contributed by atoms with Crippen molar-refractivity contribution in [2.75, 3.05) is 11.8 Å². The SMILES string of the molecule is COc1cccc(S(=O)(=O)Nc2ccccc2CCCc2cccc(C(=O)O)c2)c1. The number of rotatable bonds is 9. The van der Waals surface area contributed by atoms with E-state index in [1.807, 2.05) is 18.2 Å². The van der Waals surface area contributed by atoms with Gasteiger partial charge < -0.3 is 9.84 Å². The van der Waals surface area contributed by atoms with Gasteiger partial charge in [-0.15, -0.1) is 0 Å². The average molecular weight is 426 g/mol. The molecule has 3 rings (SSSR count). The van der Waals surface area contributed by atoms with Crippen LogP contribution in [-0.4, -0.2) is 26.6 Å². The number of sulfonamides is 1. The van der Waals surface area contributed by atoms with E-state index in [1.165, 1.54) is 19.2 Å². The first-order valence-electron chi connectivity index (χ1n) is 9.46. The Labute approximate surface area is 176 Å². The Kier molecular flexibility index (Phi) is 6.74. The van der Waals surface area contributed by atoms with Crippen molar-refractivity contribution in [3.63, 3.8) is 0 Å². The number of hydrogen-bond donors (Lipinski definition) is 2. The van der Waals surface area contributed by atoms with Crippen molar-refractivity contribution in [3.8, 4) is 5.75 Å². The van der Waals surface area contributed by atoms with Gasteiger partial charge in [0.05, 0.1) is 23.3 Å². The molecule has 0 aliphatic heterocycles. The molecule has 0 aromatic heterocycles. The Bertz CT molecular complexity index is 1140. The van der Waals surface area contributed by atoms with Crippen LogP contribution in [0.3, 0.4) is 0 Å². The number of nitrogens with one attached hydrogen (secondary N) is 1. The number of benzene rings is 3. The molecular formula is C23H23NO5S. The smallest absolute Gasteiger partial charge is 0.335 e. The molecule has 0 amide bonds. The van der Waals surface area contributed by atoms with Gasteiger partial charge in [0.1, 0.15) is 5.75 Å². The van der Waals surface area contributed by atoms with Gasteiger partial charge in [0.15, 0.2) is 0 Å². The second-order valence-corrected chi connectivity index (χ2v) is 8.48. The molecule has 0 aliphatic rings.